The second-order valence-electron chi connectivity index (χ2n) is 6.97. The average Bonchev–Trinajstić information content (AvgIpc) is 3.12. The molecule has 4 heteroatoms. The van der Waals surface area contributed by atoms with Crippen LogP contribution in [0.15, 0.2) is 16.7 Å². The fraction of sp³-hybridized carbons (Fsp3) is 0.750. The summed E-state index contributed by atoms with van der Waals surface area (Å²) in [4.78, 5) is 5.00. The van der Waals surface area contributed by atoms with Crippen LogP contribution in [0.2, 0.25) is 0 Å². The van der Waals surface area contributed by atoms with E-state index < -0.39 is 0 Å². The average molecular weight is 277 g/mol. The first-order valence-corrected chi connectivity index (χ1v) is 7.77. The van der Waals surface area contributed by atoms with Crippen molar-refractivity contribution in [1.82, 2.24) is 15.1 Å². The highest BCUT2D eigenvalue weighted by Crippen LogP contribution is 2.23. The first kappa shape index (κ1) is 14.1. The standard InChI is InChI=1S/C16H27N3O/c1-16(2)12-19(8-7-18(16)3)11-13-6-9-20-15(13)10-17-14-4-5-14/h6,9,14,17H,4-5,7-8,10-12H2,1-3H3. The third-order valence-electron chi connectivity index (χ3n) is 4.76. The van der Waals surface area contributed by atoms with Gasteiger partial charge in [-0.05, 0) is 39.8 Å². The molecule has 0 unspecified atom stereocenters. The van der Waals surface area contributed by atoms with Gasteiger partial charge in [0.1, 0.15) is 5.76 Å². The largest absolute Gasteiger partial charge is 0.468 e. The van der Waals surface area contributed by atoms with Gasteiger partial charge >= 0.3 is 0 Å². The first-order valence-electron chi connectivity index (χ1n) is 7.77. The third kappa shape index (κ3) is 3.25. The summed E-state index contributed by atoms with van der Waals surface area (Å²) < 4.78 is 5.66. The molecule has 1 aromatic rings. The van der Waals surface area contributed by atoms with Crippen molar-refractivity contribution in [3.63, 3.8) is 0 Å². The van der Waals surface area contributed by atoms with Crippen LogP contribution in [-0.2, 0) is 13.1 Å². The van der Waals surface area contributed by atoms with Gasteiger partial charge in [-0.3, -0.25) is 9.80 Å². The van der Waals surface area contributed by atoms with Gasteiger partial charge in [0.25, 0.3) is 0 Å². The molecule has 0 atom stereocenters. The van der Waals surface area contributed by atoms with Crippen LogP contribution in [0.3, 0.4) is 0 Å². The molecule has 20 heavy (non-hydrogen) atoms. The molecule has 1 aromatic heterocycles. The zero-order valence-electron chi connectivity index (χ0n) is 13.0. The molecule has 1 aliphatic heterocycles. The molecule has 1 saturated heterocycles. The molecule has 3 rings (SSSR count). The molecular weight excluding hydrogens is 250 g/mol. The number of nitrogens with one attached hydrogen (secondary N) is 1. The van der Waals surface area contributed by atoms with Gasteiger partial charge in [0, 0.05) is 43.3 Å². The summed E-state index contributed by atoms with van der Waals surface area (Å²) in [5.74, 6) is 1.12. The molecule has 2 aliphatic rings. The van der Waals surface area contributed by atoms with E-state index in [0.29, 0.717) is 0 Å². The molecule has 0 aromatic carbocycles. The van der Waals surface area contributed by atoms with Crippen LogP contribution < -0.4 is 5.32 Å². The van der Waals surface area contributed by atoms with Gasteiger partial charge in [0.15, 0.2) is 0 Å². The summed E-state index contributed by atoms with van der Waals surface area (Å²) in [6.45, 7) is 9.93. The molecule has 2 fully saturated rings. The summed E-state index contributed by atoms with van der Waals surface area (Å²) >= 11 is 0. The number of nitrogens with zero attached hydrogens (tertiary/aromatic N) is 2. The van der Waals surface area contributed by atoms with Crippen molar-refractivity contribution in [3.05, 3.63) is 23.7 Å². The summed E-state index contributed by atoms with van der Waals surface area (Å²) in [7, 11) is 2.22. The van der Waals surface area contributed by atoms with E-state index >= 15 is 0 Å². The number of rotatable bonds is 5. The van der Waals surface area contributed by atoms with Gasteiger partial charge in [-0.25, -0.2) is 0 Å². The van der Waals surface area contributed by atoms with E-state index in [2.05, 4.69) is 42.1 Å². The van der Waals surface area contributed by atoms with Crippen LogP contribution >= 0.6 is 0 Å². The molecule has 2 heterocycles. The Hall–Kier alpha value is -0.840. The Labute approximate surface area is 122 Å². The predicted octanol–water partition coefficient (Wildman–Crippen LogP) is 2.06. The fourth-order valence-electron chi connectivity index (χ4n) is 2.90. The minimum absolute atomic E-state index is 0.258. The normalized spacial score (nSPS) is 24.1. The molecule has 112 valence electrons. The maximum absolute atomic E-state index is 5.66. The number of furan rings is 1. The van der Waals surface area contributed by atoms with Crippen LogP contribution in [-0.4, -0.2) is 48.1 Å². The topological polar surface area (TPSA) is 31.6 Å². The molecule has 0 spiro atoms. The summed E-state index contributed by atoms with van der Waals surface area (Å²) in [5.41, 5.74) is 1.60. The molecule has 4 nitrogen and oxygen atoms in total. The Morgan fingerprint density at radius 3 is 2.85 bits per heavy atom. The molecule has 1 saturated carbocycles. The Kier molecular flexibility index (Phi) is 3.89. The minimum atomic E-state index is 0.258. The van der Waals surface area contributed by atoms with Crippen LogP contribution in [0.25, 0.3) is 0 Å². The van der Waals surface area contributed by atoms with E-state index in [4.69, 9.17) is 4.42 Å². The monoisotopic (exact) mass is 277 g/mol. The van der Waals surface area contributed by atoms with Gasteiger partial charge in [0.2, 0.25) is 0 Å². The lowest BCUT2D eigenvalue weighted by Gasteiger charge is -2.45. The highest BCUT2D eigenvalue weighted by molar-refractivity contribution is 5.17. The number of likely N-dealkylation sites (N-methyl/N-ethyl adjacent to an activating group) is 1. The van der Waals surface area contributed by atoms with E-state index in [0.717, 1.165) is 44.5 Å². The van der Waals surface area contributed by atoms with Gasteiger partial charge < -0.3 is 9.73 Å². The van der Waals surface area contributed by atoms with Crippen molar-refractivity contribution in [3.8, 4) is 0 Å². The van der Waals surface area contributed by atoms with Crippen molar-refractivity contribution in [2.24, 2.45) is 0 Å². The van der Waals surface area contributed by atoms with E-state index in [1.165, 1.54) is 18.4 Å². The quantitative estimate of drug-likeness (QED) is 0.893. The second-order valence-corrected chi connectivity index (χ2v) is 6.97. The second kappa shape index (κ2) is 5.51. The Morgan fingerprint density at radius 2 is 2.15 bits per heavy atom. The van der Waals surface area contributed by atoms with Crippen molar-refractivity contribution in [1.29, 1.82) is 0 Å². The first-order chi connectivity index (χ1) is 9.54. The highest BCUT2D eigenvalue weighted by Gasteiger charge is 2.31. The summed E-state index contributed by atoms with van der Waals surface area (Å²) in [5, 5.41) is 3.54. The maximum atomic E-state index is 5.66. The predicted molar refractivity (Wildman–Crippen MR) is 80.6 cm³/mol. The van der Waals surface area contributed by atoms with Crippen molar-refractivity contribution in [2.45, 2.75) is 51.4 Å². The number of hydrogen-bond acceptors (Lipinski definition) is 4. The zero-order valence-corrected chi connectivity index (χ0v) is 13.0. The van der Waals surface area contributed by atoms with Gasteiger partial charge in [0.05, 0.1) is 12.8 Å². The molecule has 1 N–H and O–H groups in total. The van der Waals surface area contributed by atoms with E-state index in [-0.39, 0.29) is 5.54 Å². The van der Waals surface area contributed by atoms with Crippen LogP contribution in [0.1, 0.15) is 38.0 Å². The Balaban J connectivity index is 1.58. The maximum Gasteiger partial charge on any atom is 0.122 e. The molecule has 0 radical (unpaired) electrons. The summed E-state index contributed by atoms with van der Waals surface area (Å²) in [6.07, 6.45) is 4.48. The van der Waals surface area contributed by atoms with Crippen LogP contribution in [0.5, 0.6) is 0 Å². The lowest BCUT2D eigenvalue weighted by atomic mass is 9.99. The van der Waals surface area contributed by atoms with Crippen LogP contribution in [0.4, 0.5) is 0 Å². The van der Waals surface area contributed by atoms with Crippen LogP contribution in [0, 0.1) is 0 Å². The lowest BCUT2D eigenvalue weighted by Crippen LogP contribution is -2.57. The third-order valence-corrected chi connectivity index (χ3v) is 4.76. The number of hydrogen-bond donors (Lipinski definition) is 1. The number of piperazine rings is 1. The fourth-order valence-corrected chi connectivity index (χ4v) is 2.90. The van der Waals surface area contributed by atoms with Gasteiger partial charge in [-0.15, -0.1) is 0 Å². The highest BCUT2D eigenvalue weighted by atomic mass is 16.3. The van der Waals surface area contributed by atoms with Gasteiger partial charge in [-0.2, -0.15) is 0 Å². The van der Waals surface area contributed by atoms with Crippen molar-refractivity contribution in [2.75, 3.05) is 26.7 Å². The lowest BCUT2D eigenvalue weighted by molar-refractivity contribution is 0.0357. The smallest absolute Gasteiger partial charge is 0.122 e. The molecule has 1 aliphatic carbocycles. The molecule has 0 amide bonds. The SMILES string of the molecule is CN1CCN(Cc2ccoc2CNC2CC2)CC1(C)C. The Morgan fingerprint density at radius 1 is 1.35 bits per heavy atom. The molecule has 0 bridgehead atoms. The Bertz CT molecular complexity index is 450. The van der Waals surface area contributed by atoms with E-state index in [1.807, 2.05) is 6.26 Å². The van der Waals surface area contributed by atoms with Crippen molar-refractivity contribution < 1.29 is 4.42 Å². The summed E-state index contributed by atoms with van der Waals surface area (Å²) in [6, 6.07) is 2.87. The minimum Gasteiger partial charge on any atom is -0.468 e. The van der Waals surface area contributed by atoms with Gasteiger partial charge in [-0.1, -0.05) is 0 Å². The zero-order chi connectivity index (χ0) is 14.2. The van der Waals surface area contributed by atoms with E-state index in [9.17, 15) is 0 Å². The van der Waals surface area contributed by atoms with E-state index in [1.54, 1.807) is 0 Å². The molecular formula is C16H27N3O. The van der Waals surface area contributed by atoms with Crippen molar-refractivity contribution >= 4 is 0 Å².